The van der Waals surface area contributed by atoms with E-state index in [4.69, 9.17) is 10.2 Å². The third-order valence-electron chi connectivity index (χ3n) is 1.85. The maximum absolute atomic E-state index is 9.30. The van der Waals surface area contributed by atoms with E-state index in [9.17, 15) is 5.11 Å². The summed E-state index contributed by atoms with van der Waals surface area (Å²) in [5, 5.41) is 26.4. The van der Waals surface area contributed by atoms with E-state index in [1.807, 2.05) is 27.7 Å². The molecule has 0 spiro atoms. The second-order valence-electron chi connectivity index (χ2n) is 3.35. The van der Waals surface area contributed by atoms with Gasteiger partial charge in [-0.3, -0.25) is 0 Å². The van der Waals surface area contributed by atoms with E-state index in [0.29, 0.717) is 6.42 Å². The van der Waals surface area contributed by atoms with Crippen LogP contribution in [0.5, 0.6) is 0 Å². The largest absolute Gasteiger partial charge is 0.396 e. The van der Waals surface area contributed by atoms with E-state index in [-0.39, 0.29) is 19.1 Å². The first-order valence-electron chi connectivity index (χ1n) is 6.10. The highest BCUT2D eigenvalue weighted by molar-refractivity contribution is 4.62. The van der Waals surface area contributed by atoms with Crippen molar-refractivity contribution < 1.29 is 15.3 Å². The normalized spacial score (nSPS) is 12.4. The lowest BCUT2D eigenvalue weighted by Crippen LogP contribution is -2.20. The quantitative estimate of drug-likeness (QED) is 0.488. The molecule has 0 radical (unpaired) electrons. The topological polar surface area (TPSA) is 60.7 Å². The number of aliphatic hydroxyl groups is 3. The molecule has 0 aromatic carbocycles. The van der Waals surface area contributed by atoms with Crippen molar-refractivity contribution in [3.63, 3.8) is 0 Å². The van der Waals surface area contributed by atoms with Crippen molar-refractivity contribution in [3.8, 4) is 0 Å². The molecule has 0 saturated carbocycles. The minimum Gasteiger partial charge on any atom is -0.396 e. The number of aliphatic hydroxyl groups excluding tert-OH is 3. The molecule has 0 rings (SSSR count). The van der Waals surface area contributed by atoms with E-state index in [1.54, 1.807) is 6.08 Å². The number of hydrogen-bond donors (Lipinski definition) is 3. The standard InChI is InChI=1S/C8H18O3.C3H6.C2H6/c1-7(6-10)8(11)4-2-3-5-9;1-3-2;1-2/h7-11H,2-6H2,1H3;3H,1H2,2H3;1-2H3/t7-,8?;;/m0../s1. The highest BCUT2D eigenvalue weighted by Crippen LogP contribution is 2.09. The van der Waals surface area contributed by atoms with E-state index in [1.165, 1.54) is 0 Å². The van der Waals surface area contributed by atoms with Crippen LogP contribution in [0.15, 0.2) is 12.7 Å². The predicted molar refractivity (Wildman–Crippen MR) is 70.4 cm³/mol. The predicted octanol–water partition coefficient (Wildman–Crippen LogP) is 2.36. The molecule has 0 aromatic heterocycles. The van der Waals surface area contributed by atoms with Crippen LogP contribution in [-0.2, 0) is 0 Å². The smallest absolute Gasteiger partial charge is 0.0587 e. The molecule has 0 aliphatic rings. The van der Waals surface area contributed by atoms with Crippen LogP contribution in [-0.4, -0.2) is 34.6 Å². The molecule has 3 N–H and O–H groups in total. The molecule has 0 fully saturated rings. The Bertz CT molecular complexity index is 116. The van der Waals surface area contributed by atoms with Crippen LogP contribution in [0.2, 0.25) is 0 Å². The third kappa shape index (κ3) is 19.2. The summed E-state index contributed by atoms with van der Waals surface area (Å²) in [6.07, 6.45) is 3.55. The van der Waals surface area contributed by atoms with Crippen LogP contribution in [0.3, 0.4) is 0 Å². The fraction of sp³-hybridized carbons (Fsp3) is 0.846. The van der Waals surface area contributed by atoms with Crippen molar-refractivity contribution in [1.82, 2.24) is 0 Å². The lowest BCUT2D eigenvalue weighted by Gasteiger charge is -2.15. The third-order valence-corrected chi connectivity index (χ3v) is 1.85. The number of unbranched alkanes of at least 4 members (excludes halogenated alkanes) is 1. The highest BCUT2D eigenvalue weighted by atomic mass is 16.3. The first-order chi connectivity index (χ1) is 7.63. The van der Waals surface area contributed by atoms with Gasteiger partial charge in [-0.2, -0.15) is 0 Å². The maximum Gasteiger partial charge on any atom is 0.0587 e. The summed E-state index contributed by atoms with van der Waals surface area (Å²) in [6.45, 7) is 11.3. The van der Waals surface area contributed by atoms with Crippen LogP contribution >= 0.6 is 0 Å². The fourth-order valence-corrected chi connectivity index (χ4v) is 0.871. The Kier molecular flexibility index (Phi) is 26.3. The first-order valence-corrected chi connectivity index (χ1v) is 6.10. The van der Waals surface area contributed by atoms with Crippen molar-refractivity contribution in [3.05, 3.63) is 12.7 Å². The molecule has 100 valence electrons. The lowest BCUT2D eigenvalue weighted by molar-refractivity contribution is 0.0675. The van der Waals surface area contributed by atoms with Gasteiger partial charge in [-0.1, -0.05) is 26.8 Å². The molecule has 1 unspecified atom stereocenters. The van der Waals surface area contributed by atoms with E-state index < -0.39 is 6.10 Å². The lowest BCUT2D eigenvalue weighted by atomic mass is 10.0. The molecule has 2 atom stereocenters. The minimum atomic E-state index is -0.424. The second-order valence-corrected chi connectivity index (χ2v) is 3.35. The minimum absolute atomic E-state index is 0.0281. The summed E-state index contributed by atoms with van der Waals surface area (Å²) in [5.41, 5.74) is 0. The zero-order valence-corrected chi connectivity index (χ0v) is 11.3. The SMILES string of the molecule is C=CC.CC.C[C@@H](CO)C(O)CCCCO. The van der Waals surface area contributed by atoms with Gasteiger partial charge >= 0.3 is 0 Å². The summed E-state index contributed by atoms with van der Waals surface area (Å²) >= 11 is 0. The summed E-state index contributed by atoms with van der Waals surface area (Å²) in [7, 11) is 0. The average molecular weight is 234 g/mol. The van der Waals surface area contributed by atoms with Gasteiger partial charge < -0.3 is 15.3 Å². The highest BCUT2D eigenvalue weighted by Gasteiger charge is 2.11. The summed E-state index contributed by atoms with van der Waals surface area (Å²) in [4.78, 5) is 0. The molecule has 0 aromatic rings. The summed E-state index contributed by atoms with van der Waals surface area (Å²) < 4.78 is 0. The van der Waals surface area contributed by atoms with E-state index in [2.05, 4.69) is 6.58 Å². The van der Waals surface area contributed by atoms with Crippen LogP contribution in [0.25, 0.3) is 0 Å². The van der Waals surface area contributed by atoms with Crippen molar-refractivity contribution in [2.45, 2.75) is 53.1 Å². The van der Waals surface area contributed by atoms with Gasteiger partial charge in [-0.25, -0.2) is 0 Å². The van der Waals surface area contributed by atoms with E-state index in [0.717, 1.165) is 12.8 Å². The van der Waals surface area contributed by atoms with Crippen molar-refractivity contribution in [1.29, 1.82) is 0 Å². The molecule has 0 bridgehead atoms. The summed E-state index contributed by atoms with van der Waals surface area (Å²) in [6, 6.07) is 0. The molecular weight excluding hydrogens is 204 g/mol. The Morgan fingerprint density at radius 2 is 1.62 bits per heavy atom. The van der Waals surface area contributed by atoms with Crippen molar-refractivity contribution >= 4 is 0 Å². The molecular formula is C13H30O3. The van der Waals surface area contributed by atoms with Crippen LogP contribution in [0, 0.1) is 5.92 Å². The number of hydrogen-bond acceptors (Lipinski definition) is 3. The van der Waals surface area contributed by atoms with Crippen molar-refractivity contribution in [2.24, 2.45) is 5.92 Å². The molecule has 0 aliphatic carbocycles. The van der Waals surface area contributed by atoms with Gasteiger partial charge in [0.1, 0.15) is 0 Å². The molecule has 3 nitrogen and oxygen atoms in total. The van der Waals surface area contributed by atoms with Gasteiger partial charge in [0.05, 0.1) is 6.10 Å². The Morgan fingerprint density at radius 1 is 1.19 bits per heavy atom. The molecule has 16 heavy (non-hydrogen) atoms. The van der Waals surface area contributed by atoms with Crippen molar-refractivity contribution in [2.75, 3.05) is 13.2 Å². The number of allylic oxidation sites excluding steroid dienone is 1. The van der Waals surface area contributed by atoms with Gasteiger partial charge in [0.25, 0.3) is 0 Å². The first kappa shape index (κ1) is 21.0. The molecule has 0 saturated heterocycles. The van der Waals surface area contributed by atoms with Gasteiger partial charge in [0.2, 0.25) is 0 Å². The molecule has 0 heterocycles. The molecule has 0 amide bonds. The van der Waals surface area contributed by atoms with Gasteiger partial charge in [0, 0.05) is 19.1 Å². The Hall–Kier alpha value is -0.380. The zero-order chi connectivity index (χ0) is 13.4. The Morgan fingerprint density at radius 3 is 1.94 bits per heavy atom. The van der Waals surface area contributed by atoms with Crippen LogP contribution in [0.4, 0.5) is 0 Å². The van der Waals surface area contributed by atoms with Gasteiger partial charge in [-0.15, -0.1) is 6.58 Å². The van der Waals surface area contributed by atoms with Gasteiger partial charge in [0.15, 0.2) is 0 Å². The number of rotatable bonds is 6. The van der Waals surface area contributed by atoms with Gasteiger partial charge in [-0.05, 0) is 26.2 Å². The fourth-order valence-electron chi connectivity index (χ4n) is 0.871. The van der Waals surface area contributed by atoms with Crippen LogP contribution in [0.1, 0.15) is 47.0 Å². The maximum atomic E-state index is 9.30. The Balaban J connectivity index is -0.000000289. The average Bonchev–Trinajstić information content (AvgIpc) is 2.32. The van der Waals surface area contributed by atoms with E-state index >= 15 is 0 Å². The summed E-state index contributed by atoms with van der Waals surface area (Å²) in [5.74, 6) is -0.0475. The molecule has 0 aliphatic heterocycles. The Labute approximate surface area is 101 Å². The second kappa shape index (κ2) is 20.1. The molecule has 3 heteroatoms. The zero-order valence-electron chi connectivity index (χ0n) is 11.3. The van der Waals surface area contributed by atoms with Crippen LogP contribution < -0.4 is 0 Å². The monoisotopic (exact) mass is 234 g/mol.